The fourth-order valence-corrected chi connectivity index (χ4v) is 4.55. The van der Waals surface area contributed by atoms with Crippen molar-refractivity contribution < 1.29 is 4.39 Å². The largest absolute Gasteiger partial charge is 0.300 e. The van der Waals surface area contributed by atoms with Gasteiger partial charge in [0.25, 0.3) is 0 Å². The van der Waals surface area contributed by atoms with E-state index in [2.05, 4.69) is 54.1 Å². The van der Waals surface area contributed by atoms with E-state index < -0.39 is 0 Å². The van der Waals surface area contributed by atoms with Crippen LogP contribution in [0.15, 0.2) is 67.0 Å². The summed E-state index contributed by atoms with van der Waals surface area (Å²) >= 11 is 0. The summed E-state index contributed by atoms with van der Waals surface area (Å²) in [6, 6.07) is 17.9. The van der Waals surface area contributed by atoms with Crippen LogP contribution < -0.4 is 0 Å². The van der Waals surface area contributed by atoms with Crippen LogP contribution in [0, 0.1) is 12.7 Å². The molecule has 2 nitrogen and oxygen atoms in total. The fourth-order valence-electron chi connectivity index (χ4n) is 4.55. The Labute approximate surface area is 167 Å². The summed E-state index contributed by atoms with van der Waals surface area (Å²) in [6.07, 6.45) is 6.43. The molecule has 1 aliphatic rings. The molecule has 2 heterocycles. The van der Waals surface area contributed by atoms with Crippen molar-refractivity contribution in [2.75, 3.05) is 13.1 Å². The molecule has 3 heteroatoms. The van der Waals surface area contributed by atoms with E-state index >= 15 is 0 Å². The van der Waals surface area contributed by atoms with Gasteiger partial charge in [-0.15, -0.1) is 0 Å². The van der Waals surface area contributed by atoms with Gasteiger partial charge in [0.15, 0.2) is 0 Å². The molecule has 2 aromatic carbocycles. The van der Waals surface area contributed by atoms with Crippen molar-refractivity contribution >= 4 is 0 Å². The van der Waals surface area contributed by atoms with Gasteiger partial charge in [-0.3, -0.25) is 9.88 Å². The molecule has 1 aliphatic heterocycles. The first-order valence-electron chi connectivity index (χ1n) is 10.1. The van der Waals surface area contributed by atoms with Crippen LogP contribution in [0.1, 0.15) is 42.4 Å². The van der Waals surface area contributed by atoms with Crippen molar-refractivity contribution in [1.29, 1.82) is 0 Å². The number of pyridine rings is 1. The highest BCUT2D eigenvalue weighted by Crippen LogP contribution is 2.39. The molecule has 0 aliphatic carbocycles. The molecular weight excluding hydrogens is 347 g/mol. The van der Waals surface area contributed by atoms with E-state index in [0.717, 1.165) is 24.2 Å². The van der Waals surface area contributed by atoms with E-state index in [9.17, 15) is 4.39 Å². The van der Waals surface area contributed by atoms with Gasteiger partial charge in [0.2, 0.25) is 0 Å². The Hall–Kier alpha value is -2.52. The summed E-state index contributed by atoms with van der Waals surface area (Å²) in [5.41, 5.74) is 5.91. The van der Waals surface area contributed by atoms with Crippen LogP contribution in [0.2, 0.25) is 0 Å². The van der Waals surface area contributed by atoms with Crippen molar-refractivity contribution in [2.45, 2.75) is 38.6 Å². The minimum absolute atomic E-state index is 0.212. The normalized spacial score (nSPS) is 16.8. The van der Waals surface area contributed by atoms with Crippen molar-refractivity contribution in [3.8, 4) is 11.1 Å². The molecule has 0 radical (unpaired) electrons. The first kappa shape index (κ1) is 18.8. The summed E-state index contributed by atoms with van der Waals surface area (Å²) in [6.45, 7) is 6.79. The number of aryl methyl sites for hydroxylation is 1. The van der Waals surface area contributed by atoms with Crippen molar-refractivity contribution in [3.05, 3.63) is 89.5 Å². The molecule has 2 atom stereocenters. The van der Waals surface area contributed by atoms with Gasteiger partial charge in [0.05, 0.1) is 0 Å². The third-order valence-corrected chi connectivity index (χ3v) is 6.01. The maximum absolute atomic E-state index is 13.5. The molecule has 2 unspecified atom stereocenters. The minimum atomic E-state index is -0.212. The maximum atomic E-state index is 13.5. The lowest BCUT2D eigenvalue weighted by Crippen LogP contribution is -2.36. The van der Waals surface area contributed by atoms with E-state index in [0.29, 0.717) is 6.04 Å². The molecule has 1 saturated heterocycles. The molecular formula is C25H27FN2. The monoisotopic (exact) mass is 374 g/mol. The highest BCUT2D eigenvalue weighted by molar-refractivity contribution is 5.69. The van der Waals surface area contributed by atoms with E-state index in [1.165, 1.54) is 41.7 Å². The second-order valence-corrected chi connectivity index (χ2v) is 7.80. The standard InChI is InChI=1S/C25H27FN2/c1-18-16-27-17-23(20-10-12-22(26)13-11-20)24(18)25(21-8-4-3-5-9-21)19(2)28-14-6-7-15-28/h3-5,8-13,16-17,19,25H,6-7,14-15H2,1-2H3. The Kier molecular flexibility index (Phi) is 5.54. The number of nitrogens with zero attached hydrogens (tertiary/aromatic N) is 2. The molecule has 1 fully saturated rings. The molecule has 0 N–H and O–H groups in total. The SMILES string of the molecule is Cc1cncc(-c2ccc(F)cc2)c1C(c1ccccc1)C(C)N1CCCC1. The van der Waals surface area contributed by atoms with Gasteiger partial charge in [0, 0.05) is 29.9 Å². The van der Waals surface area contributed by atoms with Gasteiger partial charge in [-0.25, -0.2) is 4.39 Å². The maximum Gasteiger partial charge on any atom is 0.123 e. The molecule has 144 valence electrons. The number of benzene rings is 2. The molecule has 4 rings (SSSR count). The Morgan fingerprint density at radius 2 is 1.61 bits per heavy atom. The van der Waals surface area contributed by atoms with Crippen LogP contribution in [0.3, 0.4) is 0 Å². The summed E-state index contributed by atoms with van der Waals surface area (Å²) in [5, 5.41) is 0. The Balaban J connectivity index is 1.87. The zero-order chi connectivity index (χ0) is 19.5. The summed E-state index contributed by atoms with van der Waals surface area (Å²) in [5.74, 6) is 0.0262. The van der Waals surface area contributed by atoms with Crippen LogP contribution in [0.4, 0.5) is 4.39 Å². The molecule has 0 spiro atoms. The van der Waals surface area contributed by atoms with Gasteiger partial charge in [-0.2, -0.15) is 0 Å². The van der Waals surface area contributed by atoms with Crippen LogP contribution in [0.25, 0.3) is 11.1 Å². The second-order valence-electron chi connectivity index (χ2n) is 7.80. The van der Waals surface area contributed by atoms with Crippen molar-refractivity contribution in [3.63, 3.8) is 0 Å². The quantitative estimate of drug-likeness (QED) is 0.560. The number of hydrogen-bond acceptors (Lipinski definition) is 2. The Morgan fingerprint density at radius 1 is 0.929 bits per heavy atom. The van der Waals surface area contributed by atoms with E-state index in [-0.39, 0.29) is 11.7 Å². The second kappa shape index (κ2) is 8.24. The molecule has 1 aromatic heterocycles. The lowest BCUT2D eigenvalue weighted by molar-refractivity contribution is 0.239. The molecule has 28 heavy (non-hydrogen) atoms. The highest BCUT2D eigenvalue weighted by Gasteiger charge is 2.31. The first-order valence-corrected chi connectivity index (χ1v) is 10.1. The van der Waals surface area contributed by atoms with Crippen LogP contribution in [-0.2, 0) is 0 Å². The molecule has 0 bridgehead atoms. The lowest BCUT2D eigenvalue weighted by Gasteiger charge is -2.34. The average Bonchev–Trinajstić information content (AvgIpc) is 3.26. The van der Waals surface area contributed by atoms with E-state index in [1.807, 2.05) is 24.5 Å². The van der Waals surface area contributed by atoms with Crippen molar-refractivity contribution in [2.24, 2.45) is 0 Å². The predicted molar refractivity (Wildman–Crippen MR) is 113 cm³/mol. The zero-order valence-electron chi connectivity index (χ0n) is 16.6. The Bertz CT molecular complexity index is 915. The first-order chi connectivity index (χ1) is 13.6. The zero-order valence-corrected chi connectivity index (χ0v) is 16.6. The van der Waals surface area contributed by atoms with Crippen LogP contribution in [0.5, 0.6) is 0 Å². The molecule has 0 amide bonds. The molecule has 0 saturated carbocycles. The number of likely N-dealkylation sites (tertiary alicyclic amines) is 1. The third-order valence-electron chi connectivity index (χ3n) is 6.01. The number of hydrogen-bond donors (Lipinski definition) is 0. The predicted octanol–water partition coefficient (Wildman–Crippen LogP) is 5.81. The van der Waals surface area contributed by atoms with Gasteiger partial charge < -0.3 is 0 Å². The number of halogens is 1. The van der Waals surface area contributed by atoms with Gasteiger partial charge in [-0.05, 0) is 74.2 Å². The van der Waals surface area contributed by atoms with Gasteiger partial charge >= 0.3 is 0 Å². The van der Waals surface area contributed by atoms with Gasteiger partial charge in [0.1, 0.15) is 5.82 Å². The molecule has 3 aromatic rings. The van der Waals surface area contributed by atoms with Crippen LogP contribution >= 0.6 is 0 Å². The van der Waals surface area contributed by atoms with Gasteiger partial charge in [-0.1, -0.05) is 42.5 Å². The van der Waals surface area contributed by atoms with Crippen molar-refractivity contribution in [1.82, 2.24) is 9.88 Å². The van der Waals surface area contributed by atoms with E-state index in [4.69, 9.17) is 0 Å². The van der Waals surface area contributed by atoms with E-state index in [1.54, 1.807) is 0 Å². The third kappa shape index (κ3) is 3.72. The van der Waals surface area contributed by atoms with Crippen LogP contribution in [-0.4, -0.2) is 29.0 Å². The Morgan fingerprint density at radius 3 is 2.29 bits per heavy atom. The summed E-state index contributed by atoms with van der Waals surface area (Å²) < 4.78 is 13.5. The number of rotatable bonds is 5. The lowest BCUT2D eigenvalue weighted by atomic mass is 9.80. The highest BCUT2D eigenvalue weighted by atomic mass is 19.1. The summed E-state index contributed by atoms with van der Waals surface area (Å²) in [7, 11) is 0. The average molecular weight is 375 g/mol. The minimum Gasteiger partial charge on any atom is -0.300 e. The summed E-state index contributed by atoms with van der Waals surface area (Å²) in [4.78, 5) is 7.07. The smallest absolute Gasteiger partial charge is 0.123 e. The fraction of sp³-hybridized carbons (Fsp3) is 0.320. The topological polar surface area (TPSA) is 16.1 Å². The number of aromatic nitrogens is 1.